The Morgan fingerprint density at radius 2 is 2.00 bits per heavy atom. The van der Waals surface area contributed by atoms with E-state index in [2.05, 4.69) is 5.32 Å². The molecule has 0 saturated heterocycles. The van der Waals surface area contributed by atoms with Crippen molar-refractivity contribution >= 4 is 21.4 Å². The summed E-state index contributed by atoms with van der Waals surface area (Å²) in [6.45, 7) is 2.99. The van der Waals surface area contributed by atoms with Crippen molar-refractivity contribution in [1.29, 1.82) is 0 Å². The predicted molar refractivity (Wildman–Crippen MR) is 52.5 cm³/mol. The van der Waals surface area contributed by atoms with Crippen LogP contribution in [-0.2, 0) is 9.84 Å². The molecule has 0 saturated carbocycles. The van der Waals surface area contributed by atoms with Crippen LogP contribution in [0.25, 0.3) is 0 Å². The molecule has 0 radical (unpaired) electrons. The van der Waals surface area contributed by atoms with Gasteiger partial charge in [0.2, 0.25) is 0 Å². The van der Waals surface area contributed by atoms with Crippen LogP contribution >= 0.6 is 11.6 Å². The van der Waals surface area contributed by atoms with Gasteiger partial charge in [0, 0.05) is 18.2 Å². The second-order valence-electron chi connectivity index (χ2n) is 2.53. The summed E-state index contributed by atoms with van der Waals surface area (Å²) < 4.78 is 21.9. The first-order valence-electron chi connectivity index (χ1n) is 4.09. The van der Waals surface area contributed by atoms with Crippen LogP contribution < -0.4 is 5.32 Å². The molecule has 0 aliphatic heterocycles. The zero-order valence-electron chi connectivity index (χ0n) is 7.35. The van der Waals surface area contributed by atoms with E-state index < -0.39 is 9.84 Å². The summed E-state index contributed by atoms with van der Waals surface area (Å²) in [5, 5.41) is 3.01. The van der Waals surface area contributed by atoms with Gasteiger partial charge < -0.3 is 5.32 Å². The summed E-state index contributed by atoms with van der Waals surface area (Å²) in [7, 11) is -2.80. The third-order valence-corrected chi connectivity index (χ3v) is 3.49. The Morgan fingerprint density at radius 3 is 2.50 bits per heavy atom. The summed E-state index contributed by atoms with van der Waals surface area (Å²) in [5.41, 5.74) is 0. The highest BCUT2D eigenvalue weighted by molar-refractivity contribution is 7.91. The summed E-state index contributed by atoms with van der Waals surface area (Å²) in [6.07, 6.45) is 0.883. The molecule has 0 unspecified atom stereocenters. The molecule has 0 heterocycles. The highest BCUT2D eigenvalue weighted by atomic mass is 35.5. The highest BCUT2D eigenvalue weighted by Gasteiger charge is 2.05. The Kier molecular flexibility index (Phi) is 6.80. The van der Waals surface area contributed by atoms with E-state index in [1.807, 2.05) is 0 Å². The summed E-state index contributed by atoms with van der Waals surface area (Å²) >= 11 is 5.44. The molecule has 0 aliphatic rings. The van der Waals surface area contributed by atoms with Gasteiger partial charge in [-0.05, 0) is 13.0 Å². The largest absolute Gasteiger partial charge is 0.316 e. The van der Waals surface area contributed by atoms with Crippen molar-refractivity contribution in [2.24, 2.45) is 0 Å². The number of nitrogens with one attached hydrogen (secondary N) is 1. The quantitative estimate of drug-likeness (QED) is 0.499. The lowest BCUT2D eigenvalue weighted by atomic mass is 10.5. The molecule has 0 aromatic carbocycles. The third kappa shape index (κ3) is 6.88. The van der Waals surface area contributed by atoms with Crippen molar-refractivity contribution in [2.75, 3.05) is 30.5 Å². The van der Waals surface area contributed by atoms with Crippen LogP contribution in [0.2, 0.25) is 0 Å². The SMILES string of the molecule is CCS(=O)(=O)CCNCCCCl. The van der Waals surface area contributed by atoms with Gasteiger partial charge in [0.15, 0.2) is 9.84 Å². The molecule has 1 N–H and O–H groups in total. The molecule has 5 heteroatoms. The minimum Gasteiger partial charge on any atom is -0.316 e. The maximum atomic E-state index is 11.0. The molecule has 12 heavy (non-hydrogen) atoms. The molecule has 0 aromatic rings. The average molecular weight is 214 g/mol. The second kappa shape index (κ2) is 6.69. The van der Waals surface area contributed by atoms with Gasteiger partial charge in [-0.1, -0.05) is 6.92 Å². The number of alkyl halides is 1. The van der Waals surface area contributed by atoms with Crippen molar-refractivity contribution < 1.29 is 8.42 Å². The number of halogens is 1. The molecule has 0 atom stereocenters. The minimum absolute atomic E-state index is 0.226. The van der Waals surface area contributed by atoms with Crippen molar-refractivity contribution in [3.8, 4) is 0 Å². The van der Waals surface area contributed by atoms with Gasteiger partial charge in [0.1, 0.15) is 0 Å². The predicted octanol–water partition coefficient (Wildman–Crippen LogP) is 0.640. The van der Waals surface area contributed by atoms with E-state index in [0.29, 0.717) is 12.4 Å². The molecule has 0 aliphatic carbocycles. The Morgan fingerprint density at radius 1 is 1.33 bits per heavy atom. The van der Waals surface area contributed by atoms with Crippen LogP contribution in [0.5, 0.6) is 0 Å². The molecule has 0 aromatic heterocycles. The van der Waals surface area contributed by atoms with E-state index in [0.717, 1.165) is 13.0 Å². The monoisotopic (exact) mass is 213 g/mol. The van der Waals surface area contributed by atoms with E-state index in [-0.39, 0.29) is 11.5 Å². The van der Waals surface area contributed by atoms with Crippen molar-refractivity contribution in [2.45, 2.75) is 13.3 Å². The Hall–Kier alpha value is 0.200. The van der Waals surface area contributed by atoms with Gasteiger partial charge in [-0.15, -0.1) is 11.6 Å². The van der Waals surface area contributed by atoms with E-state index in [1.54, 1.807) is 6.92 Å². The van der Waals surface area contributed by atoms with E-state index in [9.17, 15) is 8.42 Å². The number of hydrogen-bond donors (Lipinski definition) is 1. The lowest BCUT2D eigenvalue weighted by molar-refractivity contribution is 0.591. The molecule has 0 fully saturated rings. The van der Waals surface area contributed by atoms with Gasteiger partial charge in [-0.25, -0.2) is 8.42 Å². The Labute approximate surface area is 79.4 Å². The Balaban J connectivity index is 3.32. The number of rotatable bonds is 7. The maximum Gasteiger partial charge on any atom is 0.151 e. The standard InChI is InChI=1S/C7H16ClNO2S/c1-2-12(10,11)7-6-9-5-3-4-8/h9H,2-7H2,1H3. The van der Waals surface area contributed by atoms with Gasteiger partial charge in [0.25, 0.3) is 0 Å². The van der Waals surface area contributed by atoms with Crippen LogP contribution in [0.15, 0.2) is 0 Å². The first-order valence-corrected chi connectivity index (χ1v) is 6.45. The zero-order chi connectivity index (χ0) is 9.45. The summed E-state index contributed by atoms with van der Waals surface area (Å²) in [4.78, 5) is 0. The van der Waals surface area contributed by atoms with Gasteiger partial charge in [-0.2, -0.15) is 0 Å². The van der Waals surface area contributed by atoms with Crippen LogP contribution in [0.1, 0.15) is 13.3 Å². The topological polar surface area (TPSA) is 46.2 Å². The fourth-order valence-electron chi connectivity index (χ4n) is 0.689. The number of hydrogen-bond acceptors (Lipinski definition) is 3. The van der Waals surface area contributed by atoms with Crippen LogP contribution in [0.3, 0.4) is 0 Å². The fraction of sp³-hybridized carbons (Fsp3) is 1.00. The van der Waals surface area contributed by atoms with Crippen molar-refractivity contribution in [1.82, 2.24) is 5.32 Å². The average Bonchev–Trinajstić information content (AvgIpc) is 2.04. The fourth-order valence-corrected chi connectivity index (χ4v) is 1.57. The molecular formula is C7H16ClNO2S. The van der Waals surface area contributed by atoms with Gasteiger partial charge in [0.05, 0.1) is 5.75 Å². The summed E-state index contributed by atoms with van der Waals surface area (Å²) in [6, 6.07) is 0. The highest BCUT2D eigenvalue weighted by Crippen LogP contribution is 1.87. The van der Waals surface area contributed by atoms with Crippen LogP contribution in [-0.4, -0.2) is 38.9 Å². The molecule has 74 valence electrons. The van der Waals surface area contributed by atoms with Crippen LogP contribution in [0.4, 0.5) is 0 Å². The minimum atomic E-state index is -2.80. The summed E-state index contributed by atoms with van der Waals surface area (Å²) in [5.74, 6) is 1.07. The van der Waals surface area contributed by atoms with E-state index >= 15 is 0 Å². The first kappa shape index (κ1) is 12.2. The van der Waals surface area contributed by atoms with E-state index in [4.69, 9.17) is 11.6 Å². The molecule has 0 spiro atoms. The van der Waals surface area contributed by atoms with Crippen molar-refractivity contribution in [3.63, 3.8) is 0 Å². The molecule has 0 amide bonds. The third-order valence-electron chi connectivity index (χ3n) is 1.52. The lowest BCUT2D eigenvalue weighted by Gasteiger charge is -2.02. The molecule has 0 bridgehead atoms. The smallest absolute Gasteiger partial charge is 0.151 e. The molecule has 0 rings (SSSR count). The van der Waals surface area contributed by atoms with E-state index in [1.165, 1.54) is 0 Å². The maximum absolute atomic E-state index is 11.0. The normalized spacial score (nSPS) is 11.8. The van der Waals surface area contributed by atoms with Crippen LogP contribution in [0, 0.1) is 0 Å². The van der Waals surface area contributed by atoms with Crippen molar-refractivity contribution in [3.05, 3.63) is 0 Å². The molecule has 3 nitrogen and oxygen atoms in total. The van der Waals surface area contributed by atoms with Gasteiger partial charge in [-0.3, -0.25) is 0 Å². The van der Waals surface area contributed by atoms with Gasteiger partial charge >= 0.3 is 0 Å². The lowest BCUT2D eigenvalue weighted by Crippen LogP contribution is -2.24. The zero-order valence-corrected chi connectivity index (χ0v) is 8.92. The Bertz CT molecular complexity index is 192. The second-order valence-corrected chi connectivity index (χ2v) is 5.38. The number of sulfone groups is 1. The molecular weight excluding hydrogens is 198 g/mol. The first-order chi connectivity index (χ1) is 5.62.